The molecule has 0 saturated heterocycles. The minimum absolute atomic E-state index is 0.683. The maximum atomic E-state index is 7.69. The summed E-state index contributed by atoms with van der Waals surface area (Å²) in [6.07, 6.45) is 3.70. The van der Waals surface area contributed by atoms with Crippen LogP contribution in [0.15, 0.2) is 134 Å². The summed E-state index contributed by atoms with van der Waals surface area (Å²) in [4.78, 5) is 8.06. The molecule has 7 aromatic rings. The Hall–Kier alpha value is -5.04. The maximum absolute atomic E-state index is 7.69. The SMILES string of the molecule is [C-]#[N+]c1ccccc1-c1cccc2c1sc1c(-c3ccccc3-c3ccc(-c4cccnc4)cc3)cccc12. The molecule has 0 aliphatic heterocycles. The van der Waals surface area contributed by atoms with E-state index in [0.717, 1.165) is 22.3 Å². The highest BCUT2D eigenvalue weighted by atomic mass is 32.1. The van der Waals surface area contributed by atoms with E-state index in [0.29, 0.717) is 5.69 Å². The molecule has 3 heteroatoms. The van der Waals surface area contributed by atoms with E-state index in [1.54, 1.807) is 6.20 Å². The molecule has 0 fully saturated rings. The average molecular weight is 515 g/mol. The summed E-state index contributed by atoms with van der Waals surface area (Å²) in [7, 11) is 0. The third kappa shape index (κ3) is 3.99. The molecule has 39 heavy (non-hydrogen) atoms. The second-order valence-corrected chi connectivity index (χ2v) is 10.5. The minimum Gasteiger partial charge on any atom is -0.264 e. The van der Waals surface area contributed by atoms with Gasteiger partial charge in [-0.15, -0.1) is 11.3 Å². The second kappa shape index (κ2) is 9.68. The van der Waals surface area contributed by atoms with Crippen molar-refractivity contribution < 1.29 is 0 Å². The van der Waals surface area contributed by atoms with Crippen LogP contribution in [0.1, 0.15) is 0 Å². The zero-order chi connectivity index (χ0) is 26.2. The Morgan fingerprint density at radius 1 is 0.487 bits per heavy atom. The summed E-state index contributed by atoms with van der Waals surface area (Å²) in [6.45, 7) is 7.69. The van der Waals surface area contributed by atoms with Crippen LogP contribution in [-0.2, 0) is 0 Å². The van der Waals surface area contributed by atoms with Crippen molar-refractivity contribution in [2.24, 2.45) is 0 Å². The van der Waals surface area contributed by atoms with Crippen molar-refractivity contribution in [3.8, 4) is 44.5 Å². The van der Waals surface area contributed by atoms with E-state index in [1.807, 2.05) is 41.8 Å². The number of para-hydroxylation sites is 1. The van der Waals surface area contributed by atoms with Crippen molar-refractivity contribution in [1.82, 2.24) is 4.98 Å². The Balaban J connectivity index is 1.40. The average Bonchev–Trinajstić information content (AvgIpc) is 3.41. The zero-order valence-corrected chi connectivity index (χ0v) is 21.8. The predicted octanol–water partition coefficient (Wildman–Crippen LogP) is 10.7. The molecule has 0 aliphatic carbocycles. The van der Waals surface area contributed by atoms with Gasteiger partial charge in [0.2, 0.25) is 0 Å². The third-order valence-electron chi connectivity index (χ3n) is 7.25. The van der Waals surface area contributed by atoms with Crippen molar-refractivity contribution >= 4 is 37.2 Å². The first-order valence-electron chi connectivity index (χ1n) is 12.8. The van der Waals surface area contributed by atoms with Gasteiger partial charge in [-0.25, -0.2) is 4.85 Å². The normalized spacial score (nSPS) is 11.1. The first kappa shape index (κ1) is 23.1. The van der Waals surface area contributed by atoms with Gasteiger partial charge in [0.05, 0.1) is 6.57 Å². The van der Waals surface area contributed by atoms with Crippen molar-refractivity contribution in [3.63, 3.8) is 0 Å². The molecule has 182 valence electrons. The summed E-state index contributed by atoms with van der Waals surface area (Å²) >= 11 is 1.82. The van der Waals surface area contributed by atoms with Crippen molar-refractivity contribution in [3.05, 3.63) is 145 Å². The van der Waals surface area contributed by atoms with Crippen LogP contribution in [0.3, 0.4) is 0 Å². The first-order valence-corrected chi connectivity index (χ1v) is 13.6. The van der Waals surface area contributed by atoms with Crippen LogP contribution in [0.4, 0.5) is 5.69 Å². The highest BCUT2D eigenvalue weighted by molar-refractivity contribution is 7.26. The zero-order valence-electron chi connectivity index (χ0n) is 21.0. The van der Waals surface area contributed by atoms with Crippen LogP contribution in [0.5, 0.6) is 0 Å². The van der Waals surface area contributed by atoms with Crippen molar-refractivity contribution in [2.75, 3.05) is 0 Å². The molecule has 5 aromatic carbocycles. The van der Waals surface area contributed by atoms with Crippen molar-refractivity contribution in [2.45, 2.75) is 0 Å². The Morgan fingerprint density at radius 3 is 1.74 bits per heavy atom. The Labute approximate surface area is 231 Å². The van der Waals surface area contributed by atoms with Crippen LogP contribution in [-0.4, -0.2) is 4.98 Å². The number of nitrogens with zero attached hydrogens (tertiary/aromatic N) is 2. The lowest BCUT2D eigenvalue weighted by Gasteiger charge is -2.12. The fourth-order valence-corrected chi connectivity index (χ4v) is 6.74. The molecule has 0 amide bonds. The fourth-order valence-electron chi connectivity index (χ4n) is 5.39. The largest absolute Gasteiger partial charge is 0.264 e. The van der Waals surface area contributed by atoms with E-state index in [2.05, 4.69) is 107 Å². The molecule has 2 nitrogen and oxygen atoms in total. The lowest BCUT2D eigenvalue weighted by atomic mass is 9.92. The van der Waals surface area contributed by atoms with Crippen LogP contribution >= 0.6 is 11.3 Å². The van der Waals surface area contributed by atoms with Gasteiger partial charge in [0, 0.05) is 38.1 Å². The van der Waals surface area contributed by atoms with Gasteiger partial charge in [0.25, 0.3) is 0 Å². The molecule has 2 heterocycles. The molecule has 2 aromatic heterocycles. The molecule has 0 atom stereocenters. The summed E-state index contributed by atoms with van der Waals surface area (Å²) in [5.74, 6) is 0. The Morgan fingerprint density at radius 2 is 1.08 bits per heavy atom. The first-order chi connectivity index (χ1) is 19.3. The van der Waals surface area contributed by atoms with Crippen molar-refractivity contribution in [1.29, 1.82) is 0 Å². The van der Waals surface area contributed by atoms with Gasteiger partial charge in [-0.05, 0) is 45.0 Å². The summed E-state index contributed by atoms with van der Waals surface area (Å²) in [5.41, 5.74) is 9.89. The van der Waals surface area contributed by atoms with Gasteiger partial charge in [-0.1, -0.05) is 115 Å². The lowest BCUT2D eigenvalue weighted by molar-refractivity contribution is 1.33. The number of hydrogen-bond acceptors (Lipinski definition) is 2. The third-order valence-corrected chi connectivity index (χ3v) is 8.53. The van der Waals surface area contributed by atoms with Crippen LogP contribution in [0.25, 0.3) is 69.5 Å². The van der Waals surface area contributed by atoms with Crippen LogP contribution in [0, 0.1) is 6.57 Å². The van der Waals surface area contributed by atoms with Gasteiger partial charge in [0.15, 0.2) is 5.69 Å². The number of pyridine rings is 1. The topological polar surface area (TPSA) is 17.2 Å². The molecule has 0 unspecified atom stereocenters. The lowest BCUT2D eigenvalue weighted by Crippen LogP contribution is -1.86. The minimum atomic E-state index is 0.683. The van der Waals surface area contributed by atoms with Crippen LogP contribution in [0.2, 0.25) is 0 Å². The van der Waals surface area contributed by atoms with E-state index in [9.17, 15) is 0 Å². The van der Waals surface area contributed by atoms with E-state index in [4.69, 9.17) is 6.57 Å². The summed E-state index contributed by atoms with van der Waals surface area (Å²) in [5, 5.41) is 2.48. The molecule has 0 aliphatic rings. The number of rotatable bonds is 4. The summed E-state index contributed by atoms with van der Waals surface area (Å²) < 4.78 is 2.48. The maximum Gasteiger partial charge on any atom is 0.194 e. The fraction of sp³-hybridized carbons (Fsp3) is 0. The number of aromatic nitrogens is 1. The van der Waals surface area contributed by atoms with Gasteiger partial charge < -0.3 is 0 Å². The Kier molecular flexibility index (Phi) is 5.74. The van der Waals surface area contributed by atoms with Gasteiger partial charge in [0.1, 0.15) is 0 Å². The molecule has 0 bridgehead atoms. The smallest absolute Gasteiger partial charge is 0.194 e. The van der Waals surface area contributed by atoms with E-state index in [1.165, 1.54) is 42.4 Å². The highest BCUT2D eigenvalue weighted by Crippen LogP contribution is 2.46. The molecule has 0 N–H and O–H groups in total. The predicted molar refractivity (Wildman–Crippen MR) is 165 cm³/mol. The molecule has 0 saturated carbocycles. The van der Waals surface area contributed by atoms with Gasteiger partial charge >= 0.3 is 0 Å². The standard InChI is InChI=1S/C36H22N2S/c1-37-34-17-5-4-12-29(34)31-14-7-16-33-32-15-6-13-30(35(32)39-36(31)33)28-11-3-2-10-27(28)25-20-18-24(19-21-25)26-9-8-22-38-23-26/h2-23H. The Bertz CT molecular complexity index is 2010. The van der Waals surface area contributed by atoms with E-state index in [-0.39, 0.29) is 0 Å². The summed E-state index contributed by atoms with van der Waals surface area (Å²) in [6, 6.07) is 42.4. The highest BCUT2D eigenvalue weighted by Gasteiger charge is 2.17. The van der Waals surface area contributed by atoms with Gasteiger partial charge in [-0.2, -0.15) is 0 Å². The van der Waals surface area contributed by atoms with E-state index < -0.39 is 0 Å². The number of benzene rings is 5. The molecule has 7 rings (SSSR count). The molecular formula is C36H22N2S. The van der Waals surface area contributed by atoms with E-state index >= 15 is 0 Å². The quantitative estimate of drug-likeness (QED) is 0.214. The monoisotopic (exact) mass is 514 g/mol. The molecule has 0 spiro atoms. The number of fused-ring (bicyclic) bond motifs is 3. The molecular weight excluding hydrogens is 492 g/mol. The number of hydrogen-bond donors (Lipinski definition) is 0. The second-order valence-electron chi connectivity index (χ2n) is 9.46. The number of thiophene rings is 1. The molecule has 0 radical (unpaired) electrons. The van der Waals surface area contributed by atoms with Crippen LogP contribution < -0.4 is 0 Å². The van der Waals surface area contributed by atoms with Gasteiger partial charge in [-0.3, -0.25) is 4.98 Å².